The summed E-state index contributed by atoms with van der Waals surface area (Å²) in [5.74, 6) is -1.51. The number of aromatic nitrogens is 1. The van der Waals surface area contributed by atoms with Crippen molar-refractivity contribution in [3.63, 3.8) is 0 Å². The van der Waals surface area contributed by atoms with Gasteiger partial charge in [-0.05, 0) is 35.6 Å². The zero-order valence-electron chi connectivity index (χ0n) is 22.0. The Labute approximate surface area is 224 Å². The van der Waals surface area contributed by atoms with E-state index in [4.69, 9.17) is 0 Å². The number of carboxylic acid groups (broad SMARTS) is 1. The number of aliphatic carboxylic acids is 1. The Balaban J connectivity index is 1.48. The van der Waals surface area contributed by atoms with Gasteiger partial charge in [-0.15, -0.1) is 0 Å². The zero-order valence-corrected chi connectivity index (χ0v) is 22.0. The third-order valence-corrected chi connectivity index (χ3v) is 6.96. The number of rotatable bonds is 13. The van der Waals surface area contributed by atoms with Gasteiger partial charge in [0, 0.05) is 43.8 Å². The lowest BCUT2D eigenvalue weighted by Gasteiger charge is -2.33. The Morgan fingerprint density at radius 3 is 2.21 bits per heavy atom. The molecule has 0 bridgehead atoms. The van der Waals surface area contributed by atoms with Crippen LogP contribution in [0.4, 0.5) is 0 Å². The van der Waals surface area contributed by atoms with Gasteiger partial charge in [-0.1, -0.05) is 85.8 Å². The Morgan fingerprint density at radius 2 is 1.55 bits per heavy atom. The fourth-order valence-electron chi connectivity index (χ4n) is 4.95. The van der Waals surface area contributed by atoms with Gasteiger partial charge >= 0.3 is 5.97 Å². The number of amides is 1. The van der Waals surface area contributed by atoms with Gasteiger partial charge in [0.05, 0.1) is 5.92 Å². The lowest BCUT2D eigenvalue weighted by molar-refractivity contribution is -0.140. The minimum Gasteiger partial charge on any atom is -0.481 e. The van der Waals surface area contributed by atoms with E-state index in [-0.39, 0.29) is 5.91 Å². The van der Waals surface area contributed by atoms with Crippen molar-refractivity contribution < 1.29 is 14.7 Å². The second kappa shape index (κ2) is 13.0. The van der Waals surface area contributed by atoms with E-state index in [1.54, 1.807) is 11.1 Å². The first-order valence-electron chi connectivity index (χ1n) is 13.1. The molecule has 0 aliphatic heterocycles. The number of carbonyl (C=O) groups is 2. The summed E-state index contributed by atoms with van der Waals surface area (Å²) < 4.78 is 0. The number of likely N-dealkylation sites (N-methyl/N-ethyl adjacent to an activating group) is 2. The third-order valence-electron chi connectivity index (χ3n) is 6.96. The molecule has 1 aromatic heterocycles. The van der Waals surface area contributed by atoms with Crippen molar-refractivity contribution in [3.05, 3.63) is 108 Å². The lowest BCUT2D eigenvalue weighted by atomic mass is 9.95. The van der Waals surface area contributed by atoms with Gasteiger partial charge in [0.25, 0.3) is 0 Å². The molecular weight excluding hydrogens is 476 g/mol. The molecule has 2 unspecified atom stereocenters. The van der Waals surface area contributed by atoms with Crippen molar-refractivity contribution in [2.45, 2.75) is 38.3 Å². The summed E-state index contributed by atoms with van der Waals surface area (Å²) in [6.07, 6.45) is 2.73. The van der Waals surface area contributed by atoms with Crippen LogP contribution in [0.25, 0.3) is 10.9 Å². The van der Waals surface area contributed by atoms with E-state index in [9.17, 15) is 14.7 Å². The highest BCUT2D eigenvalue weighted by Gasteiger charge is 2.29. The normalized spacial score (nSPS) is 12.9. The van der Waals surface area contributed by atoms with Crippen LogP contribution in [0.1, 0.15) is 36.0 Å². The van der Waals surface area contributed by atoms with E-state index in [0.717, 1.165) is 27.6 Å². The van der Waals surface area contributed by atoms with Crippen molar-refractivity contribution in [3.8, 4) is 0 Å². The second-order valence-electron chi connectivity index (χ2n) is 9.55. The van der Waals surface area contributed by atoms with E-state index in [2.05, 4.69) is 10.4 Å². The Bertz CT molecular complexity index is 1320. The first kappa shape index (κ1) is 27.1. The Morgan fingerprint density at radius 1 is 0.921 bits per heavy atom. The summed E-state index contributed by atoms with van der Waals surface area (Å²) in [6.45, 7) is 3.53. The summed E-state index contributed by atoms with van der Waals surface area (Å²) in [5, 5.41) is 12.9. The van der Waals surface area contributed by atoms with Gasteiger partial charge in [0.15, 0.2) is 0 Å². The molecule has 7 nitrogen and oxygen atoms in total. The molecule has 4 aromatic rings. The van der Waals surface area contributed by atoms with Crippen LogP contribution in [-0.4, -0.2) is 58.1 Å². The fraction of sp³-hybridized carbons (Fsp3) is 0.290. The number of aromatic amines is 1. The molecular formula is C31H36N4O3. The molecule has 3 N–H and O–H groups in total. The minimum atomic E-state index is -0.862. The fourth-order valence-corrected chi connectivity index (χ4v) is 4.95. The summed E-state index contributed by atoms with van der Waals surface area (Å²) in [5.41, 5.74) is 7.24. The number of hydrogen-bond donors (Lipinski definition) is 3. The number of hydrogen-bond acceptors (Lipinski definition) is 4. The van der Waals surface area contributed by atoms with Gasteiger partial charge < -0.3 is 15.0 Å². The number of H-pyrrole nitrogens is 1. The molecule has 7 heteroatoms. The molecule has 1 heterocycles. The van der Waals surface area contributed by atoms with Gasteiger partial charge in [-0.3, -0.25) is 15.0 Å². The number of carboxylic acids is 1. The number of hydrazine groups is 1. The first-order valence-corrected chi connectivity index (χ1v) is 13.1. The number of benzene rings is 3. The Hall–Kier alpha value is -3.94. The molecule has 198 valence electrons. The van der Waals surface area contributed by atoms with Crippen molar-refractivity contribution in [2.24, 2.45) is 0 Å². The van der Waals surface area contributed by atoms with E-state index < -0.39 is 17.9 Å². The van der Waals surface area contributed by atoms with Crippen molar-refractivity contribution in [2.75, 3.05) is 20.1 Å². The maximum absolute atomic E-state index is 13.7. The smallest absolute Gasteiger partial charge is 0.311 e. The van der Waals surface area contributed by atoms with Gasteiger partial charge in [-0.25, -0.2) is 5.01 Å². The van der Waals surface area contributed by atoms with E-state index >= 15 is 0 Å². The topological polar surface area (TPSA) is 88.7 Å². The molecule has 0 spiro atoms. The van der Waals surface area contributed by atoms with Crippen LogP contribution in [0.15, 0.2) is 91.1 Å². The average Bonchev–Trinajstić information content (AvgIpc) is 3.36. The van der Waals surface area contributed by atoms with Crippen LogP contribution in [-0.2, 0) is 22.6 Å². The van der Waals surface area contributed by atoms with Crippen LogP contribution in [0, 0.1) is 0 Å². The van der Waals surface area contributed by atoms with Gasteiger partial charge in [0.1, 0.15) is 6.04 Å². The van der Waals surface area contributed by atoms with Crippen molar-refractivity contribution in [1.29, 1.82) is 0 Å². The summed E-state index contributed by atoms with van der Waals surface area (Å²) in [7, 11) is 1.83. The minimum absolute atomic E-state index is 0.0125. The monoisotopic (exact) mass is 512 g/mol. The summed E-state index contributed by atoms with van der Waals surface area (Å²) in [6, 6.07) is 27.2. The molecule has 0 saturated heterocycles. The van der Waals surface area contributed by atoms with E-state index in [1.165, 1.54) is 0 Å². The number of para-hydroxylation sites is 1. The number of nitrogens with one attached hydrogen (secondary N) is 2. The van der Waals surface area contributed by atoms with Crippen LogP contribution in [0.3, 0.4) is 0 Å². The highest BCUT2D eigenvalue weighted by molar-refractivity contribution is 5.89. The van der Waals surface area contributed by atoms with Crippen LogP contribution < -0.4 is 5.43 Å². The van der Waals surface area contributed by atoms with Gasteiger partial charge in [-0.2, -0.15) is 0 Å². The number of fused-ring (bicyclic) bond motifs is 1. The predicted octanol–water partition coefficient (Wildman–Crippen LogP) is 4.82. The maximum Gasteiger partial charge on any atom is 0.311 e. The molecule has 38 heavy (non-hydrogen) atoms. The standard InChI is InChI=1S/C31H36N4O3/c1-3-35(33-19-18-26(31(37)38)27-21-32-28-17-11-10-16-25(27)28)29(20-23-12-6-4-7-13-23)30(36)34(2)22-24-14-8-5-9-15-24/h4-17,21,26,29,32-33H,3,18-20,22H2,1-2H3,(H,37,38). The Kier molecular flexibility index (Phi) is 9.30. The summed E-state index contributed by atoms with van der Waals surface area (Å²) in [4.78, 5) is 30.9. The highest BCUT2D eigenvalue weighted by Crippen LogP contribution is 2.28. The summed E-state index contributed by atoms with van der Waals surface area (Å²) >= 11 is 0. The van der Waals surface area contributed by atoms with Gasteiger partial charge in [0.2, 0.25) is 5.91 Å². The SMILES string of the molecule is CCN(NCCC(C(=O)O)c1c[nH]c2ccccc12)C(Cc1ccccc1)C(=O)N(C)Cc1ccccc1. The number of nitrogens with zero attached hydrogens (tertiary/aromatic N) is 2. The molecule has 4 rings (SSSR count). The third kappa shape index (κ3) is 6.68. The lowest BCUT2D eigenvalue weighted by Crippen LogP contribution is -2.54. The molecule has 0 fully saturated rings. The second-order valence-corrected chi connectivity index (χ2v) is 9.55. The van der Waals surface area contributed by atoms with E-state index in [1.807, 2.05) is 104 Å². The van der Waals surface area contributed by atoms with E-state index in [0.29, 0.717) is 32.5 Å². The maximum atomic E-state index is 13.7. The quantitative estimate of drug-likeness (QED) is 0.224. The van der Waals surface area contributed by atoms with Crippen LogP contribution in [0.5, 0.6) is 0 Å². The first-order chi connectivity index (χ1) is 18.5. The number of carbonyl (C=O) groups excluding carboxylic acids is 1. The van der Waals surface area contributed by atoms with Crippen molar-refractivity contribution in [1.82, 2.24) is 20.3 Å². The molecule has 3 aromatic carbocycles. The zero-order chi connectivity index (χ0) is 26.9. The van der Waals surface area contributed by atoms with Crippen molar-refractivity contribution >= 4 is 22.8 Å². The largest absolute Gasteiger partial charge is 0.481 e. The molecule has 0 saturated carbocycles. The molecule has 0 radical (unpaired) electrons. The molecule has 0 aliphatic carbocycles. The molecule has 2 atom stereocenters. The molecule has 0 aliphatic rings. The molecule has 1 amide bonds. The highest BCUT2D eigenvalue weighted by atomic mass is 16.4. The van der Waals surface area contributed by atoms with Crippen LogP contribution >= 0.6 is 0 Å². The predicted molar refractivity (Wildman–Crippen MR) is 151 cm³/mol. The average molecular weight is 513 g/mol. The van der Waals surface area contributed by atoms with Crippen LogP contribution in [0.2, 0.25) is 0 Å².